The highest BCUT2D eigenvalue weighted by Crippen LogP contribution is 2.16. The highest BCUT2D eigenvalue weighted by Gasteiger charge is 2.19. The molecule has 1 aromatic carbocycles. The van der Waals surface area contributed by atoms with Crippen LogP contribution in [-0.4, -0.2) is 32.7 Å². The minimum Gasteiger partial charge on any atom is -0.367 e. The zero-order valence-electron chi connectivity index (χ0n) is 11.9. The van der Waals surface area contributed by atoms with E-state index in [4.69, 9.17) is 4.74 Å². The minimum atomic E-state index is -0.529. The Hall–Kier alpha value is -1.65. The number of carbonyl (C=O) groups is 1. The van der Waals surface area contributed by atoms with E-state index in [1.807, 2.05) is 30.3 Å². The predicted octanol–water partition coefficient (Wildman–Crippen LogP) is 1.80. The van der Waals surface area contributed by atoms with Crippen LogP contribution in [0.5, 0.6) is 0 Å². The SMILES string of the molecule is COC(C(=O)NCCC1=CCNCC1)c1ccccc1. The van der Waals surface area contributed by atoms with E-state index >= 15 is 0 Å². The summed E-state index contributed by atoms with van der Waals surface area (Å²) in [4.78, 5) is 12.1. The van der Waals surface area contributed by atoms with Gasteiger partial charge >= 0.3 is 0 Å². The second-order valence-electron chi connectivity index (χ2n) is 4.88. The molecule has 20 heavy (non-hydrogen) atoms. The van der Waals surface area contributed by atoms with E-state index in [0.717, 1.165) is 31.5 Å². The first kappa shape index (κ1) is 14.8. The quantitative estimate of drug-likeness (QED) is 0.778. The summed E-state index contributed by atoms with van der Waals surface area (Å²) in [6, 6.07) is 9.56. The largest absolute Gasteiger partial charge is 0.367 e. The van der Waals surface area contributed by atoms with Crippen molar-refractivity contribution in [3.05, 3.63) is 47.5 Å². The van der Waals surface area contributed by atoms with Crippen molar-refractivity contribution in [2.45, 2.75) is 18.9 Å². The topological polar surface area (TPSA) is 50.4 Å². The summed E-state index contributed by atoms with van der Waals surface area (Å²) >= 11 is 0. The molecule has 0 aliphatic carbocycles. The number of rotatable bonds is 6. The molecule has 2 rings (SSSR count). The van der Waals surface area contributed by atoms with Crippen molar-refractivity contribution in [2.75, 3.05) is 26.7 Å². The molecule has 0 aromatic heterocycles. The van der Waals surface area contributed by atoms with Gasteiger partial charge in [0.1, 0.15) is 0 Å². The maximum atomic E-state index is 12.1. The van der Waals surface area contributed by atoms with E-state index in [-0.39, 0.29) is 5.91 Å². The molecule has 1 aromatic rings. The Morgan fingerprint density at radius 2 is 2.20 bits per heavy atom. The van der Waals surface area contributed by atoms with Gasteiger partial charge in [-0.25, -0.2) is 0 Å². The molecule has 108 valence electrons. The third-order valence-electron chi connectivity index (χ3n) is 3.48. The van der Waals surface area contributed by atoms with Crippen LogP contribution in [0.15, 0.2) is 42.0 Å². The molecule has 4 nitrogen and oxygen atoms in total. The maximum Gasteiger partial charge on any atom is 0.253 e. The Bertz CT molecular complexity index is 457. The summed E-state index contributed by atoms with van der Waals surface area (Å²) < 4.78 is 5.30. The lowest BCUT2D eigenvalue weighted by Crippen LogP contribution is -2.31. The summed E-state index contributed by atoms with van der Waals surface area (Å²) in [5.74, 6) is -0.0757. The fourth-order valence-corrected chi connectivity index (χ4v) is 2.36. The molecular weight excluding hydrogens is 252 g/mol. The van der Waals surface area contributed by atoms with Gasteiger partial charge in [-0.1, -0.05) is 42.0 Å². The molecule has 0 spiro atoms. The van der Waals surface area contributed by atoms with Crippen molar-refractivity contribution in [3.8, 4) is 0 Å². The molecule has 0 fully saturated rings. The zero-order chi connectivity index (χ0) is 14.2. The van der Waals surface area contributed by atoms with Gasteiger partial charge in [-0.15, -0.1) is 0 Å². The van der Waals surface area contributed by atoms with E-state index in [0.29, 0.717) is 6.54 Å². The van der Waals surface area contributed by atoms with Crippen LogP contribution in [0.1, 0.15) is 24.5 Å². The van der Waals surface area contributed by atoms with E-state index < -0.39 is 6.10 Å². The Kier molecular flexibility index (Phi) is 5.77. The van der Waals surface area contributed by atoms with E-state index in [1.165, 1.54) is 5.57 Å². The fourth-order valence-electron chi connectivity index (χ4n) is 2.36. The van der Waals surface area contributed by atoms with Crippen LogP contribution in [-0.2, 0) is 9.53 Å². The molecule has 0 saturated carbocycles. The molecule has 1 atom stereocenters. The van der Waals surface area contributed by atoms with E-state index in [9.17, 15) is 4.79 Å². The van der Waals surface area contributed by atoms with Crippen molar-refractivity contribution in [1.29, 1.82) is 0 Å². The summed E-state index contributed by atoms with van der Waals surface area (Å²) in [7, 11) is 1.56. The van der Waals surface area contributed by atoms with Gasteiger partial charge in [0.05, 0.1) is 0 Å². The van der Waals surface area contributed by atoms with Crippen LogP contribution in [0.3, 0.4) is 0 Å². The monoisotopic (exact) mass is 274 g/mol. The maximum absolute atomic E-state index is 12.1. The van der Waals surface area contributed by atoms with Crippen molar-refractivity contribution >= 4 is 5.91 Å². The van der Waals surface area contributed by atoms with Gasteiger partial charge in [0.2, 0.25) is 0 Å². The van der Waals surface area contributed by atoms with Gasteiger partial charge in [-0.05, 0) is 24.9 Å². The molecule has 1 aliphatic rings. The summed E-state index contributed by atoms with van der Waals surface area (Å²) in [5, 5.41) is 6.23. The first-order valence-electron chi connectivity index (χ1n) is 7.05. The Morgan fingerprint density at radius 3 is 2.85 bits per heavy atom. The molecule has 1 aliphatic heterocycles. The second kappa shape index (κ2) is 7.82. The lowest BCUT2D eigenvalue weighted by atomic mass is 10.1. The molecule has 0 radical (unpaired) electrons. The van der Waals surface area contributed by atoms with Crippen molar-refractivity contribution in [2.24, 2.45) is 0 Å². The number of amides is 1. The van der Waals surface area contributed by atoms with Crippen molar-refractivity contribution < 1.29 is 9.53 Å². The Balaban J connectivity index is 1.82. The molecule has 4 heteroatoms. The Morgan fingerprint density at radius 1 is 1.40 bits per heavy atom. The number of carbonyl (C=O) groups excluding carboxylic acids is 1. The minimum absolute atomic E-state index is 0.0757. The molecule has 2 N–H and O–H groups in total. The van der Waals surface area contributed by atoms with Crippen LogP contribution in [0.2, 0.25) is 0 Å². The summed E-state index contributed by atoms with van der Waals surface area (Å²) in [6.45, 7) is 2.63. The smallest absolute Gasteiger partial charge is 0.253 e. The summed E-state index contributed by atoms with van der Waals surface area (Å²) in [5.41, 5.74) is 2.30. The molecular formula is C16H22N2O2. The van der Waals surface area contributed by atoms with Crippen LogP contribution in [0, 0.1) is 0 Å². The average Bonchev–Trinajstić information content (AvgIpc) is 2.50. The van der Waals surface area contributed by atoms with Crippen LogP contribution < -0.4 is 10.6 Å². The Labute approximate surface area is 120 Å². The highest BCUT2D eigenvalue weighted by atomic mass is 16.5. The van der Waals surface area contributed by atoms with Crippen molar-refractivity contribution in [1.82, 2.24) is 10.6 Å². The fraction of sp³-hybridized carbons (Fsp3) is 0.438. The van der Waals surface area contributed by atoms with E-state index in [2.05, 4.69) is 16.7 Å². The van der Waals surface area contributed by atoms with E-state index in [1.54, 1.807) is 7.11 Å². The van der Waals surface area contributed by atoms with Crippen LogP contribution >= 0.6 is 0 Å². The number of benzene rings is 1. The number of hydrogen-bond donors (Lipinski definition) is 2. The highest BCUT2D eigenvalue weighted by molar-refractivity contribution is 5.82. The van der Waals surface area contributed by atoms with Gasteiger partial charge in [-0.3, -0.25) is 4.79 Å². The molecule has 1 unspecified atom stereocenters. The normalized spacial score (nSPS) is 16.4. The van der Waals surface area contributed by atoms with Crippen LogP contribution in [0.25, 0.3) is 0 Å². The average molecular weight is 274 g/mol. The summed E-state index contributed by atoms with van der Waals surface area (Å²) in [6.07, 6.45) is 3.67. The third-order valence-corrected chi connectivity index (χ3v) is 3.48. The number of ether oxygens (including phenoxy) is 1. The first-order chi connectivity index (χ1) is 9.81. The lowest BCUT2D eigenvalue weighted by molar-refractivity contribution is -0.131. The zero-order valence-corrected chi connectivity index (χ0v) is 11.9. The standard InChI is InChI=1S/C16H22N2O2/c1-20-15(14-5-3-2-4-6-14)16(19)18-12-9-13-7-10-17-11-8-13/h2-7,15,17H,8-12H2,1H3,(H,18,19). The molecule has 1 heterocycles. The van der Waals surface area contributed by atoms with Gasteiger partial charge in [0.25, 0.3) is 5.91 Å². The predicted molar refractivity (Wildman–Crippen MR) is 79.4 cm³/mol. The van der Waals surface area contributed by atoms with Crippen LogP contribution in [0.4, 0.5) is 0 Å². The van der Waals surface area contributed by atoms with Gasteiger partial charge in [0, 0.05) is 20.2 Å². The molecule has 0 saturated heterocycles. The molecule has 1 amide bonds. The third kappa shape index (κ3) is 4.18. The second-order valence-corrected chi connectivity index (χ2v) is 4.88. The van der Waals surface area contributed by atoms with Crippen molar-refractivity contribution in [3.63, 3.8) is 0 Å². The molecule has 0 bridgehead atoms. The van der Waals surface area contributed by atoms with Gasteiger partial charge in [0.15, 0.2) is 6.10 Å². The van der Waals surface area contributed by atoms with Gasteiger partial charge < -0.3 is 15.4 Å². The first-order valence-corrected chi connectivity index (χ1v) is 7.05. The number of methoxy groups -OCH3 is 1. The number of hydrogen-bond acceptors (Lipinski definition) is 3. The lowest BCUT2D eigenvalue weighted by Gasteiger charge is -2.17. The van der Waals surface area contributed by atoms with Gasteiger partial charge in [-0.2, -0.15) is 0 Å². The number of nitrogens with one attached hydrogen (secondary N) is 2.